The summed E-state index contributed by atoms with van der Waals surface area (Å²) in [6.07, 6.45) is -4.63. The number of hydrogen-bond acceptors (Lipinski definition) is 4. The Balaban J connectivity index is 2.41. The Morgan fingerprint density at radius 1 is 0.963 bits per heavy atom. The predicted octanol–water partition coefficient (Wildman–Crippen LogP) is 3.41. The van der Waals surface area contributed by atoms with Gasteiger partial charge in [-0.05, 0) is 36.4 Å². The summed E-state index contributed by atoms with van der Waals surface area (Å²) in [5.41, 5.74) is -1.31. The molecule has 0 aliphatic rings. The van der Waals surface area contributed by atoms with Crippen molar-refractivity contribution >= 4 is 37.3 Å². The predicted molar refractivity (Wildman–Crippen MR) is 94.6 cm³/mol. The van der Waals surface area contributed by atoms with Gasteiger partial charge in [-0.25, -0.2) is 21.1 Å². The van der Waals surface area contributed by atoms with E-state index in [0.717, 1.165) is 22.5 Å². The largest absolute Gasteiger partial charge is 0.416 e. The molecule has 0 saturated heterocycles. The maximum Gasteiger partial charge on any atom is 0.416 e. The highest BCUT2D eigenvalue weighted by Crippen LogP contribution is 2.34. The van der Waals surface area contributed by atoms with Gasteiger partial charge in [0.15, 0.2) is 0 Å². The van der Waals surface area contributed by atoms with Crippen molar-refractivity contribution < 1.29 is 30.0 Å². The Hall–Kier alpha value is -1.82. The first kappa shape index (κ1) is 21.5. The van der Waals surface area contributed by atoms with Crippen molar-refractivity contribution in [3.63, 3.8) is 0 Å². The van der Waals surface area contributed by atoms with E-state index >= 15 is 0 Å². The Kier molecular flexibility index (Phi) is 5.81. The average Bonchev–Trinajstić information content (AvgIpc) is 2.55. The minimum absolute atomic E-state index is 0.256. The van der Waals surface area contributed by atoms with Crippen LogP contribution in [0.5, 0.6) is 0 Å². The van der Waals surface area contributed by atoms with E-state index in [9.17, 15) is 30.0 Å². The maximum atomic E-state index is 12.7. The van der Waals surface area contributed by atoms with Crippen LogP contribution in [-0.4, -0.2) is 35.2 Å². The van der Waals surface area contributed by atoms with E-state index in [1.165, 1.54) is 26.2 Å². The number of sulfonamides is 2. The molecule has 0 heterocycles. The zero-order chi connectivity index (χ0) is 20.6. The molecule has 0 fully saturated rings. The first-order chi connectivity index (χ1) is 12.2. The molecule has 12 heteroatoms. The van der Waals surface area contributed by atoms with Gasteiger partial charge in [0.1, 0.15) is 0 Å². The number of nitrogens with zero attached hydrogens (tertiary/aromatic N) is 1. The average molecular weight is 443 g/mol. The fourth-order valence-electron chi connectivity index (χ4n) is 1.99. The molecule has 0 bridgehead atoms. The molecule has 2 rings (SSSR count). The molecule has 0 spiro atoms. The highest BCUT2D eigenvalue weighted by Gasteiger charge is 2.31. The van der Waals surface area contributed by atoms with Gasteiger partial charge >= 0.3 is 6.18 Å². The molecule has 27 heavy (non-hydrogen) atoms. The van der Waals surface area contributed by atoms with Crippen LogP contribution in [0.2, 0.25) is 5.02 Å². The van der Waals surface area contributed by atoms with Crippen LogP contribution in [0.15, 0.2) is 52.3 Å². The first-order valence-electron chi connectivity index (χ1n) is 7.17. The molecule has 0 unspecified atom stereocenters. The van der Waals surface area contributed by atoms with E-state index in [2.05, 4.69) is 4.72 Å². The van der Waals surface area contributed by atoms with Crippen molar-refractivity contribution in [1.29, 1.82) is 0 Å². The van der Waals surface area contributed by atoms with E-state index in [4.69, 9.17) is 11.6 Å². The summed E-state index contributed by atoms with van der Waals surface area (Å²) in [6, 6.07) is 6.69. The van der Waals surface area contributed by atoms with Gasteiger partial charge in [0, 0.05) is 14.1 Å². The second-order valence-electron chi connectivity index (χ2n) is 5.56. The molecular formula is C15H14ClF3N2O4S2. The zero-order valence-corrected chi connectivity index (χ0v) is 16.3. The fourth-order valence-corrected chi connectivity index (χ4v) is 4.42. The molecule has 0 aliphatic carbocycles. The summed E-state index contributed by atoms with van der Waals surface area (Å²) >= 11 is 5.74. The minimum Gasteiger partial charge on any atom is -0.278 e. The third kappa shape index (κ3) is 4.72. The third-order valence-electron chi connectivity index (χ3n) is 3.44. The monoisotopic (exact) mass is 442 g/mol. The number of alkyl halides is 3. The van der Waals surface area contributed by atoms with E-state index < -0.39 is 36.8 Å². The Bertz CT molecular complexity index is 1070. The number of hydrogen-bond donors (Lipinski definition) is 1. The topological polar surface area (TPSA) is 83.6 Å². The summed E-state index contributed by atoms with van der Waals surface area (Å²) in [4.78, 5) is -0.643. The van der Waals surface area contributed by atoms with Crippen molar-refractivity contribution in [2.75, 3.05) is 18.8 Å². The van der Waals surface area contributed by atoms with Crippen LogP contribution in [-0.2, 0) is 26.2 Å². The van der Waals surface area contributed by atoms with Crippen LogP contribution in [0.1, 0.15) is 5.56 Å². The molecule has 0 radical (unpaired) electrons. The molecule has 0 aliphatic heterocycles. The van der Waals surface area contributed by atoms with Gasteiger partial charge in [-0.2, -0.15) is 13.2 Å². The van der Waals surface area contributed by atoms with Crippen LogP contribution in [0.3, 0.4) is 0 Å². The Morgan fingerprint density at radius 3 is 2.07 bits per heavy atom. The van der Waals surface area contributed by atoms with Gasteiger partial charge in [0.25, 0.3) is 10.0 Å². The number of nitrogens with one attached hydrogen (secondary N) is 1. The SMILES string of the molecule is CN(C)S(=O)(=O)c1cccc(S(=O)(=O)Nc2ccc(C(F)(F)F)cc2Cl)c1. The van der Waals surface area contributed by atoms with Gasteiger partial charge in [-0.1, -0.05) is 17.7 Å². The molecule has 0 aromatic heterocycles. The molecule has 2 aromatic rings. The van der Waals surface area contributed by atoms with E-state index in [0.29, 0.717) is 12.1 Å². The first-order valence-corrected chi connectivity index (χ1v) is 10.5. The van der Waals surface area contributed by atoms with E-state index in [1.807, 2.05) is 0 Å². The maximum absolute atomic E-state index is 12.7. The molecule has 0 saturated carbocycles. The summed E-state index contributed by atoms with van der Waals surface area (Å²) < 4.78 is 90.2. The smallest absolute Gasteiger partial charge is 0.278 e. The van der Waals surface area contributed by atoms with E-state index in [-0.39, 0.29) is 15.5 Å². The highest BCUT2D eigenvalue weighted by molar-refractivity contribution is 7.93. The molecule has 0 atom stereocenters. The van der Waals surface area contributed by atoms with Gasteiger partial charge in [-0.15, -0.1) is 0 Å². The van der Waals surface area contributed by atoms with Crippen molar-refractivity contribution in [3.05, 3.63) is 53.1 Å². The summed E-state index contributed by atoms with van der Waals surface area (Å²) in [6.45, 7) is 0. The normalized spacial score (nSPS) is 13.0. The van der Waals surface area contributed by atoms with Crippen LogP contribution in [0.25, 0.3) is 0 Å². The van der Waals surface area contributed by atoms with Crippen LogP contribution >= 0.6 is 11.6 Å². The number of halogens is 4. The van der Waals surface area contributed by atoms with E-state index in [1.54, 1.807) is 0 Å². The molecular weight excluding hydrogens is 429 g/mol. The summed E-state index contributed by atoms with van der Waals surface area (Å²) in [7, 11) is -5.59. The molecule has 2 aromatic carbocycles. The lowest BCUT2D eigenvalue weighted by Gasteiger charge is -2.14. The molecule has 0 amide bonds. The second kappa shape index (κ2) is 7.30. The summed E-state index contributed by atoms with van der Waals surface area (Å²) in [5, 5.41) is -0.453. The van der Waals surface area contributed by atoms with Gasteiger partial charge in [-0.3, -0.25) is 4.72 Å². The Labute approximate surface area is 159 Å². The van der Waals surface area contributed by atoms with Crippen molar-refractivity contribution in [2.24, 2.45) is 0 Å². The minimum atomic E-state index is -4.63. The quantitative estimate of drug-likeness (QED) is 0.769. The van der Waals surface area contributed by atoms with Gasteiger partial charge in [0.05, 0.1) is 26.1 Å². The lowest BCUT2D eigenvalue weighted by atomic mass is 10.2. The lowest BCUT2D eigenvalue weighted by Crippen LogP contribution is -2.22. The van der Waals surface area contributed by atoms with Crippen LogP contribution in [0.4, 0.5) is 18.9 Å². The number of anilines is 1. The van der Waals surface area contributed by atoms with Crippen molar-refractivity contribution in [2.45, 2.75) is 16.0 Å². The van der Waals surface area contributed by atoms with Gasteiger partial charge in [0.2, 0.25) is 10.0 Å². The molecule has 148 valence electrons. The third-order valence-corrected chi connectivity index (χ3v) is 6.92. The van der Waals surface area contributed by atoms with Crippen molar-refractivity contribution in [1.82, 2.24) is 4.31 Å². The Morgan fingerprint density at radius 2 is 1.56 bits per heavy atom. The van der Waals surface area contributed by atoms with Crippen LogP contribution in [0, 0.1) is 0 Å². The highest BCUT2D eigenvalue weighted by atomic mass is 35.5. The fraction of sp³-hybridized carbons (Fsp3) is 0.200. The number of rotatable bonds is 5. The molecule has 6 nitrogen and oxygen atoms in total. The second-order valence-corrected chi connectivity index (χ2v) is 9.80. The van der Waals surface area contributed by atoms with Crippen molar-refractivity contribution in [3.8, 4) is 0 Å². The number of benzene rings is 2. The van der Waals surface area contributed by atoms with Crippen LogP contribution < -0.4 is 4.72 Å². The lowest BCUT2D eigenvalue weighted by molar-refractivity contribution is -0.137. The standard InChI is InChI=1S/C15H14ClF3N2O4S2/c1-21(2)27(24,25)12-5-3-4-11(9-12)26(22,23)20-14-7-6-10(8-13(14)16)15(17,18)19/h3-9,20H,1-2H3. The zero-order valence-electron chi connectivity index (χ0n) is 14.0. The van der Waals surface area contributed by atoms with Gasteiger partial charge < -0.3 is 0 Å². The summed E-state index contributed by atoms with van der Waals surface area (Å²) in [5.74, 6) is 0. The molecule has 1 N–H and O–H groups in total.